The molecule has 1 aliphatic heterocycles. The van der Waals surface area contributed by atoms with Gasteiger partial charge in [-0.15, -0.1) is 0 Å². The molecule has 80 valence electrons. The van der Waals surface area contributed by atoms with Crippen molar-refractivity contribution in [3.63, 3.8) is 0 Å². The van der Waals surface area contributed by atoms with Crippen molar-refractivity contribution in [3.8, 4) is 0 Å². The molecular formula is C8H17BN2O3. The molecule has 1 amide bonds. The van der Waals surface area contributed by atoms with Gasteiger partial charge < -0.3 is 20.7 Å². The number of amides is 1. The average molecular weight is 200 g/mol. The van der Waals surface area contributed by atoms with Gasteiger partial charge in [0, 0.05) is 6.04 Å². The topological polar surface area (TPSA) is 86.8 Å². The molecule has 1 saturated heterocycles. The SMILES string of the molecule is CC1CCC(B(O)O)N1C(=O)[C@H](C)N. The molecule has 3 atom stereocenters. The van der Waals surface area contributed by atoms with E-state index in [2.05, 4.69) is 0 Å². The number of likely N-dealkylation sites (tertiary alicyclic amines) is 1. The molecule has 14 heavy (non-hydrogen) atoms. The van der Waals surface area contributed by atoms with Crippen molar-refractivity contribution >= 4 is 13.0 Å². The Kier molecular flexibility index (Phi) is 3.52. The van der Waals surface area contributed by atoms with Crippen LogP contribution in [0.4, 0.5) is 0 Å². The maximum absolute atomic E-state index is 11.6. The Morgan fingerprint density at radius 1 is 1.57 bits per heavy atom. The minimum atomic E-state index is -1.47. The molecule has 1 fully saturated rings. The second-order valence-corrected chi connectivity index (χ2v) is 3.94. The van der Waals surface area contributed by atoms with Crippen LogP contribution in [0.3, 0.4) is 0 Å². The van der Waals surface area contributed by atoms with Crippen molar-refractivity contribution in [2.45, 2.75) is 44.7 Å². The molecule has 1 heterocycles. The Balaban J connectivity index is 2.76. The Hall–Kier alpha value is -0.585. The molecule has 0 aromatic heterocycles. The molecule has 1 rings (SSSR count). The van der Waals surface area contributed by atoms with Gasteiger partial charge in [0.1, 0.15) is 0 Å². The Morgan fingerprint density at radius 2 is 2.14 bits per heavy atom. The molecule has 4 N–H and O–H groups in total. The summed E-state index contributed by atoms with van der Waals surface area (Å²) >= 11 is 0. The van der Waals surface area contributed by atoms with Crippen molar-refractivity contribution in [1.29, 1.82) is 0 Å². The molecule has 0 radical (unpaired) electrons. The maximum atomic E-state index is 11.6. The zero-order valence-electron chi connectivity index (χ0n) is 8.55. The first-order chi connectivity index (χ1) is 6.45. The average Bonchev–Trinajstić information content (AvgIpc) is 2.45. The van der Waals surface area contributed by atoms with Gasteiger partial charge in [0.05, 0.1) is 12.0 Å². The van der Waals surface area contributed by atoms with Gasteiger partial charge in [-0.25, -0.2) is 0 Å². The van der Waals surface area contributed by atoms with Crippen LogP contribution in [0, 0.1) is 0 Å². The molecule has 0 aliphatic carbocycles. The third-order valence-corrected chi connectivity index (χ3v) is 2.70. The smallest absolute Gasteiger partial charge is 0.426 e. The molecule has 0 aromatic carbocycles. The molecular weight excluding hydrogens is 183 g/mol. The number of nitrogens with zero attached hydrogens (tertiary/aromatic N) is 1. The number of hydrogen-bond acceptors (Lipinski definition) is 4. The van der Waals surface area contributed by atoms with E-state index >= 15 is 0 Å². The van der Waals surface area contributed by atoms with Crippen LogP contribution in [-0.4, -0.2) is 46.0 Å². The first-order valence-corrected chi connectivity index (χ1v) is 4.89. The number of carbonyl (C=O) groups is 1. The van der Waals surface area contributed by atoms with E-state index in [9.17, 15) is 4.79 Å². The highest BCUT2D eigenvalue weighted by molar-refractivity contribution is 6.43. The zero-order chi connectivity index (χ0) is 10.9. The van der Waals surface area contributed by atoms with E-state index in [0.29, 0.717) is 6.42 Å². The van der Waals surface area contributed by atoms with Crippen LogP contribution >= 0.6 is 0 Å². The number of rotatable bonds is 2. The van der Waals surface area contributed by atoms with Crippen molar-refractivity contribution in [2.24, 2.45) is 5.73 Å². The Labute approximate surface area is 84.0 Å². The predicted octanol–water partition coefficient (Wildman–Crippen LogP) is -1.27. The highest BCUT2D eigenvalue weighted by Gasteiger charge is 2.41. The Bertz CT molecular complexity index is 223. The van der Waals surface area contributed by atoms with Gasteiger partial charge in [0.2, 0.25) is 5.91 Å². The van der Waals surface area contributed by atoms with Gasteiger partial charge in [-0.05, 0) is 26.7 Å². The fourth-order valence-corrected chi connectivity index (χ4v) is 1.93. The molecule has 6 heteroatoms. The second-order valence-electron chi connectivity index (χ2n) is 3.94. The lowest BCUT2D eigenvalue weighted by molar-refractivity contribution is -0.133. The monoisotopic (exact) mass is 200 g/mol. The van der Waals surface area contributed by atoms with Crippen LogP contribution in [0.1, 0.15) is 26.7 Å². The Morgan fingerprint density at radius 3 is 2.57 bits per heavy atom. The van der Waals surface area contributed by atoms with Crippen LogP contribution in [-0.2, 0) is 4.79 Å². The summed E-state index contributed by atoms with van der Waals surface area (Å²) in [4.78, 5) is 13.1. The molecule has 0 spiro atoms. The van der Waals surface area contributed by atoms with Gasteiger partial charge in [-0.3, -0.25) is 4.79 Å². The first kappa shape index (κ1) is 11.5. The number of carbonyl (C=O) groups excluding carboxylic acids is 1. The molecule has 0 saturated carbocycles. The third kappa shape index (κ3) is 2.08. The summed E-state index contributed by atoms with van der Waals surface area (Å²) in [5, 5.41) is 18.2. The van der Waals surface area contributed by atoms with E-state index in [0.717, 1.165) is 6.42 Å². The molecule has 1 aliphatic rings. The minimum absolute atomic E-state index is 0.0419. The van der Waals surface area contributed by atoms with E-state index in [1.54, 1.807) is 6.92 Å². The highest BCUT2D eigenvalue weighted by Crippen LogP contribution is 2.24. The predicted molar refractivity (Wildman–Crippen MR) is 53.2 cm³/mol. The number of nitrogens with two attached hydrogens (primary N) is 1. The van der Waals surface area contributed by atoms with Gasteiger partial charge in [-0.2, -0.15) is 0 Å². The van der Waals surface area contributed by atoms with Crippen LogP contribution in [0.15, 0.2) is 0 Å². The maximum Gasteiger partial charge on any atom is 0.475 e. The molecule has 2 unspecified atom stereocenters. The van der Waals surface area contributed by atoms with Crippen molar-refractivity contribution < 1.29 is 14.8 Å². The standard InChI is InChI=1S/C8H17BN2O3/c1-5-3-4-7(9(13)14)11(5)8(12)6(2)10/h5-7,13-14H,3-4,10H2,1-2H3/t5?,6-,7?/m0/s1. The van der Waals surface area contributed by atoms with Gasteiger partial charge in [0.15, 0.2) is 0 Å². The summed E-state index contributed by atoms with van der Waals surface area (Å²) in [5.41, 5.74) is 5.49. The summed E-state index contributed by atoms with van der Waals surface area (Å²) in [5.74, 6) is -0.711. The van der Waals surface area contributed by atoms with Crippen LogP contribution in [0.2, 0.25) is 0 Å². The first-order valence-electron chi connectivity index (χ1n) is 4.89. The van der Waals surface area contributed by atoms with Gasteiger partial charge >= 0.3 is 7.12 Å². The van der Waals surface area contributed by atoms with E-state index < -0.39 is 19.1 Å². The summed E-state index contributed by atoms with van der Waals surface area (Å²) in [7, 11) is -1.47. The largest absolute Gasteiger partial charge is 0.475 e. The normalized spacial score (nSPS) is 29.1. The van der Waals surface area contributed by atoms with Crippen LogP contribution < -0.4 is 5.73 Å². The number of hydrogen-bond donors (Lipinski definition) is 3. The van der Waals surface area contributed by atoms with E-state index in [1.807, 2.05) is 6.92 Å². The lowest BCUT2D eigenvalue weighted by Gasteiger charge is -2.29. The van der Waals surface area contributed by atoms with Crippen molar-refractivity contribution in [3.05, 3.63) is 0 Å². The lowest BCUT2D eigenvalue weighted by Crippen LogP contribution is -2.52. The lowest BCUT2D eigenvalue weighted by atomic mass is 9.78. The molecule has 0 bridgehead atoms. The third-order valence-electron chi connectivity index (χ3n) is 2.70. The fraction of sp³-hybridized carbons (Fsp3) is 0.875. The fourth-order valence-electron chi connectivity index (χ4n) is 1.93. The minimum Gasteiger partial charge on any atom is -0.426 e. The van der Waals surface area contributed by atoms with E-state index in [1.165, 1.54) is 4.90 Å². The zero-order valence-corrected chi connectivity index (χ0v) is 8.55. The quantitative estimate of drug-likeness (QED) is 0.485. The summed E-state index contributed by atoms with van der Waals surface area (Å²) in [6, 6.07) is -0.544. The van der Waals surface area contributed by atoms with Crippen LogP contribution in [0.5, 0.6) is 0 Å². The molecule has 0 aromatic rings. The molecule has 5 nitrogen and oxygen atoms in total. The summed E-state index contributed by atoms with van der Waals surface area (Å²) < 4.78 is 0. The van der Waals surface area contributed by atoms with E-state index in [4.69, 9.17) is 15.8 Å². The van der Waals surface area contributed by atoms with Crippen molar-refractivity contribution in [2.75, 3.05) is 0 Å². The summed E-state index contributed by atoms with van der Waals surface area (Å²) in [6.45, 7) is 3.50. The van der Waals surface area contributed by atoms with Gasteiger partial charge in [0.25, 0.3) is 0 Å². The van der Waals surface area contributed by atoms with E-state index in [-0.39, 0.29) is 11.9 Å². The van der Waals surface area contributed by atoms with Gasteiger partial charge in [-0.1, -0.05) is 0 Å². The van der Waals surface area contributed by atoms with Crippen LogP contribution in [0.25, 0.3) is 0 Å². The van der Waals surface area contributed by atoms with Crippen molar-refractivity contribution in [1.82, 2.24) is 4.90 Å². The summed E-state index contributed by atoms with van der Waals surface area (Å²) in [6.07, 6.45) is 1.41. The highest BCUT2D eigenvalue weighted by atomic mass is 16.4. The second kappa shape index (κ2) is 4.29.